The Morgan fingerprint density at radius 3 is 2.48 bits per heavy atom. The number of carbonyl (C=O) groups excluding carboxylic acids is 2. The molecular weight excluding hydrogens is 675 g/mol. The van der Waals surface area contributed by atoms with E-state index in [4.69, 9.17) is 20.5 Å². The molecule has 2 aromatic heterocycles. The molecule has 0 bridgehead atoms. The van der Waals surface area contributed by atoms with Crippen molar-refractivity contribution in [3.05, 3.63) is 118 Å². The Morgan fingerprint density at radius 1 is 1.02 bits per heavy atom. The molecule has 260 valence electrons. The highest BCUT2D eigenvalue weighted by atomic mass is 35.5. The number of halogens is 2. The van der Waals surface area contributed by atoms with Crippen molar-refractivity contribution >= 4 is 47.2 Å². The van der Waals surface area contributed by atoms with Crippen LogP contribution in [-0.4, -0.2) is 80.0 Å². The topological polar surface area (TPSA) is 96.1 Å². The van der Waals surface area contributed by atoms with Crippen LogP contribution in [0.4, 0.5) is 11.4 Å². The summed E-state index contributed by atoms with van der Waals surface area (Å²) in [5.74, 6) is -0.577. The van der Waals surface area contributed by atoms with Gasteiger partial charge in [0.2, 0.25) is 0 Å². The van der Waals surface area contributed by atoms with Crippen molar-refractivity contribution in [1.29, 1.82) is 0 Å². The summed E-state index contributed by atoms with van der Waals surface area (Å²) in [6, 6.07) is 21.2. The van der Waals surface area contributed by atoms with Crippen LogP contribution in [0.25, 0.3) is 11.3 Å². The van der Waals surface area contributed by atoms with Gasteiger partial charge in [-0.25, -0.2) is 0 Å². The van der Waals surface area contributed by atoms with Crippen molar-refractivity contribution in [2.24, 2.45) is 14.0 Å². The number of hydrogen-bond donors (Lipinski definition) is 1. The van der Waals surface area contributed by atoms with E-state index in [1.165, 1.54) is 35.0 Å². The number of carbonyl (C=O) groups is 2. The summed E-state index contributed by atoms with van der Waals surface area (Å²) in [5.41, 5.74) is 5.57. The van der Waals surface area contributed by atoms with Crippen LogP contribution < -0.4 is 4.90 Å². The first kappa shape index (κ1) is 31.4. The second-order valence-corrected chi connectivity index (χ2v) is 13.0. The number of rotatable bonds is 7. The molecule has 0 unspecified atom stereocenters. The van der Waals surface area contributed by atoms with Crippen molar-refractivity contribution in [2.45, 2.75) is 25.9 Å². The number of aromatic hydroxyl groups is 1. The van der Waals surface area contributed by atoms with Gasteiger partial charge in [0.1, 0.15) is 5.75 Å². The Labute approximate surface area is 307 Å². The normalized spacial score (nSPS) is 17.2. The van der Waals surface area contributed by atoms with Crippen molar-refractivity contribution in [3.63, 3.8) is 0 Å². The van der Waals surface area contributed by atoms with E-state index in [9.17, 15) is 14.7 Å². The molecule has 10 nitrogen and oxygen atoms in total. The van der Waals surface area contributed by atoms with Crippen LogP contribution in [0.3, 0.4) is 0 Å². The average Bonchev–Trinajstić information content (AvgIpc) is 3.74. The van der Waals surface area contributed by atoms with E-state index in [1.807, 2.05) is 35.6 Å². The lowest BCUT2D eigenvalue weighted by Gasteiger charge is -2.40. The minimum Gasteiger partial charge on any atom is -0.508 e. The molecule has 2 aliphatic rings. The molecule has 0 radical (unpaired) electrons. The van der Waals surface area contributed by atoms with Gasteiger partial charge < -0.3 is 19.3 Å². The minimum absolute atomic E-state index is 0. The van der Waals surface area contributed by atoms with Crippen molar-refractivity contribution < 1.29 is 23.5 Å². The van der Waals surface area contributed by atoms with Crippen molar-refractivity contribution in [3.8, 4) is 17.0 Å². The number of ether oxygens (including phenoxy) is 1. The molecule has 1 N–H and O–H groups in total. The lowest BCUT2D eigenvalue weighted by atomic mass is 9.92. The van der Waals surface area contributed by atoms with Gasteiger partial charge in [-0.2, -0.15) is 5.10 Å². The number of benzene rings is 3. The Balaban J connectivity index is 0.00000481. The van der Waals surface area contributed by atoms with E-state index in [2.05, 4.69) is 22.1 Å². The van der Waals surface area contributed by atoms with E-state index >= 15 is 0 Å². The number of aryl methyl sites for hydroxylation is 1. The highest BCUT2D eigenvalue weighted by molar-refractivity contribution is 6.31. The van der Waals surface area contributed by atoms with Gasteiger partial charge in [0.25, 0.3) is 11.8 Å². The summed E-state index contributed by atoms with van der Waals surface area (Å²) >= 11 is 6.60. The number of aromatic nitrogens is 3. The molecule has 4 heterocycles. The lowest BCUT2D eigenvalue weighted by molar-refractivity contribution is 0.0193. The van der Waals surface area contributed by atoms with Crippen LogP contribution in [0.2, 0.25) is 5.02 Å². The third-order valence-corrected chi connectivity index (χ3v) is 9.82. The number of morpholine rings is 1. The Kier molecular flexibility index (Phi) is 9.23. The molecule has 12 heteroatoms. The van der Waals surface area contributed by atoms with Gasteiger partial charge in [-0.05, 0) is 73.0 Å². The van der Waals surface area contributed by atoms with Crippen LogP contribution in [-0.2, 0) is 31.7 Å². The molecule has 1 fully saturated rings. The summed E-state index contributed by atoms with van der Waals surface area (Å²) in [7, 11) is 1.83. The molecule has 2 amide bonds. The summed E-state index contributed by atoms with van der Waals surface area (Å²) in [6.07, 6.45) is 3.33. The molecule has 7 rings (SSSR count). The number of hydrogen-bond acceptors (Lipinski definition) is 6. The molecule has 1 atom stereocenters. The van der Waals surface area contributed by atoms with E-state index in [-0.39, 0.29) is 35.8 Å². The number of nitrogens with zero attached hydrogens (tertiary/aromatic N) is 6. The second kappa shape index (κ2) is 14.7. The third-order valence-electron chi connectivity index (χ3n) is 9.58. The zero-order valence-corrected chi connectivity index (χ0v) is 29.3. The molecule has 5 aromatic rings. The zero-order valence-electron chi connectivity index (χ0n) is 30.8. The highest BCUT2D eigenvalue weighted by Gasteiger charge is 2.34. The molecule has 0 saturated carbocycles. The van der Waals surface area contributed by atoms with E-state index in [0.717, 1.165) is 36.3 Å². The number of amides is 2. The number of phenolic OH excluding ortho intramolecular Hbond substituents is 1. The Bertz CT molecular complexity index is 2130. The predicted molar refractivity (Wildman–Crippen MR) is 197 cm³/mol. The third kappa shape index (κ3) is 6.89. The molecule has 50 heavy (non-hydrogen) atoms. The number of anilines is 2. The largest absolute Gasteiger partial charge is 0.508 e. The SMILES string of the molecule is Cl.[2H]C([2H])([2H])n1cc(N(C(=O)c2cc(-c3cc(Cl)ccc3C(=O)N3Cc4ccccc4C[C@H]3CN3CCOCC3)n(C)c2C)c2ccc(O)cc2)cn1. The number of phenols is 1. The predicted octanol–water partition coefficient (Wildman–Crippen LogP) is 6.39. The first-order valence-corrected chi connectivity index (χ1v) is 16.6. The van der Waals surface area contributed by atoms with Gasteiger partial charge in [-0.15, -0.1) is 12.4 Å². The summed E-state index contributed by atoms with van der Waals surface area (Å²) in [4.78, 5) is 35.0. The maximum absolute atomic E-state index is 14.8. The average molecular weight is 719 g/mol. The first-order chi connectivity index (χ1) is 24.9. The second-order valence-electron chi connectivity index (χ2n) is 12.6. The summed E-state index contributed by atoms with van der Waals surface area (Å²) < 4.78 is 31.7. The van der Waals surface area contributed by atoms with Gasteiger partial charge >= 0.3 is 0 Å². The summed E-state index contributed by atoms with van der Waals surface area (Å²) in [5, 5.41) is 14.4. The zero-order chi connectivity index (χ0) is 36.7. The quantitative estimate of drug-likeness (QED) is 0.210. The van der Waals surface area contributed by atoms with Crippen molar-refractivity contribution in [2.75, 3.05) is 37.7 Å². The van der Waals surface area contributed by atoms with Crippen LogP contribution >= 0.6 is 24.0 Å². The maximum Gasteiger partial charge on any atom is 0.264 e. The van der Waals surface area contributed by atoms with Crippen LogP contribution in [0.1, 0.15) is 41.6 Å². The Hall–Kier alpha value is -4.61. The van der Waals surface area contributed by atoms with Gasteiger partial charge in [0.15, 0.2) is 0 Å². The standard InChI is InChI=1S/C38H39ClN6O4.ClH/c1-25-34(38(48)45(31-21-40-41(2)23-31)29-9-11-32(46)12-10-29)20-36(42(25)3)35-19-28(39)8-13-33(35)37(47)44-22-27-7-5-4-6-26(27)18-30(44)24-43-14-16-49-17-15-43;/h4-13,19-21,23,30,46H,14-18,22,24H2,1-3H3;1H/t30-;/m0./s1/i2D3;. The smallest absolute Gasteiger partial charge is 0.264 e. The molecule has 0 aliphatic carbocycles. The molecular formula is C38H40Cl2N6O4. The lowest BCUT2D eigenvalue weighted by Crippen LogP contribution is -2.52. The Morgan fingerprint density at radius 2 is 1.76 bits per heavy atom. The fraction of sp³-hybridized carbons (Fsp3) is 0.289. The molecule has 0 spiro atoms. The van der Waals surface area contributed by atoms with Gasteiger partial charge in [0, 0.05) is 89.8 Å². The van der Waals surface area contributed by atoms with Crippen LogP contribution in [0.15, 0.2) is 85.2 Å². The fourth-order valence-corrected chi connectivity index (χ4v) is 7.02. The minimum atomic E-state index is -2.55. The van der Waals surface area contributed by atoms with Crippen LogP contribution in [0.5, 0.6) is 5.75 Å². The molecule has 1 saturated heterocycles. The fourth-order valence-electron chi connectivity index (χ4n) is 6.85. The van der Waals surface area contributed by atoms with Crippen molar-refractivity contribution in [1.82, 2.24) is 24.1 Å². The van der Waals surface area contributed by atoms with E-state index in [0.29, 0.717) is 58.5 Å². The monoisotopic (exact) mass is 717 g/mol. The highest BCUT2D eigenvalue weighted by Crippen LogP contribution is 2.36. The number of fused-ring (bicyclic) bond motifs is 1. The summed E-state index contributed by atoms with van der Waals surface area (Å²) in [6.45, 7) is 3.40. The first-order valence-electron chi connectivity index (χ1n) is 17.7. The van der Waals surface area contributed by atoms with Gasteiger partial charge in [-0.3, -0.25) is 24.1 Å². The molecule has 2 aliphatic heterocycles. The van der Waals surface area contributed by atoms with Gasteiger partial charge in [-0.1, -0.05) is 35.9 Å². The van der Waals surface area contributed by atoms with Crippen LogP contribution in [0, 0.1) is 6.92 Å². The van der Waals surface area contributed by atoms with E-state index < -0.39 is 12.9 Å². The van der Waals surface area contributed by atoms with Gasteiger partial charge in [0.05, 0.1) is 30.7 Å². The van der Waals surface area contributed by atoms with E-state index in [1.54, 1.807) is 36.4 Å². The molecule has 3 aromatic carbocycles. The maximum atomic E-state index is 14.8.